The molecule has 0 radical (unpaired) electrons. The van der Waals surface area contributed by atoms with Gasteiger partial charge >= 0.3 is 5.97 Å². The van der Waals surface area contributed by atoms with Crippen LogP contribution in [0.4, 0.5) is 0 Å². The number of carbonyl (C=O) groups is 1. The summed E-state index contributed by atoms with van der Waals surface area (Å²) < 4.78 is 1.89. The van der Waals surface area contributed by atoms with Gasteiger partial charge in [-0.15, -0.1) is 0 Å². The van der Waals surface area contributed by atoms with Crippen molar-refractivity contribution in [2.24, 2.45) is 0 Å². The van der Waals surface area contributed by atoms with Crippen LogP contribution in [0.1, 0.15) is 37.2 Å². The van der Waals surface area contributed by atoms with Gasteiger partial charge in [0.1, 0.15) is 6.04 Å². The summed E-state index contributed by atoms with van der Waals surface area (Å²) in [6, 6.07) is 9.06. The van der Waals surface area contributed by atoms with Gasteiger partial charge < -0.3 is 10.1 Å². The second-order valence-corrected chi connectivity index (χ2v) is 5.80. The summed E-state index contributed by atoms with van der Waals surface area (Å²) in [6.07, 6.45) is 3.49. The minimum Gasteiger partial charge on any atom is -0.480 e. The highest BCUT2D eigenvalue weighted by molar-refractivity contribution is 5.89. The van der Waals surface area contributed by atoms with Crippen molar-refractivity contribution in [3.63, 3.8) is 0 Å². The molecule has 3 N–H and O–H groups in total. The molecular formula is C17H20N4O2. The van der Waals surface area contributed by atoms with E-state index >= 15 is 0 Å². The molecule has 120 valence electrons. The Kier molecular flexibility index (Phi) is 4.16. The predicted octanol–water partition coefficient (Wildman–Crippen LogP) is 2.86. The van der Waals surface area contributed by atoms with E-state index in [2.05, 4.69) is 15.4 Å². The molecule has 0 saturated heterocycles. The fraction of sp³-hybridized carbons (Fsp3) is 0.294. The summed E-state index contributed by atoms with van der Waals surface area (Å²) in [5.74, 6) is -0.898. The molecule has 6 nitrogen and oxygen atoms in total. The van der Waals surface area contributed by atoms with Crippen LogP contribution in [-0.2, 0) is 11.3 Å². The van der Waals surface area contributed by atoms with Crippen molar-refractivity contribution in [3.05, 3.63) is 54.0 Å². The van der Waals surface area contributed by atoms with E-state index < -0.39 is 12.0 Å². The summed E-state index contributed by atoms with van der Waals surface area (Å²) in [6.45, 7) is 4.53. The highest BCUT2D eigenvalue weighted by Crippen LogP contribution is 2.24. The fourth-order valence-electron chi connectivity index (χ4n) is 2.82. The van der Waals surface area contributed by atoms with E-state index in [1.165, 1.54) is 0 Å². The van der Waals surface area contributed by atoms with Crippen LogP contribution in [0.15, 0.2) is 42.7 Å². The number of hydrogen-bond donors (Lipinski definition) is 3. The van der Waals surface area contributed by atoms with Crippen molar-refractivity contribution in [1.29, 1.82) is 0 Å². The molecule has 0 amide bonds. The second kappa shape index (κ2) is 6.26. The van der Waals surface area contributed by atoms with Crippen molar-refractivity contribution < 1.29 is 9.90 Å². The zero-order chi connectivity index (χ0) is 16.4. The van der Waals surface area contributed by atoms with Gasteiger partial charge in [0, 0.05) is 41.4 Å². The van der Waals surface area contributed by atoms with Crippen molar-refractivity contribution in [3.8, 4) is 0 Å². The van der Waals surface area contributed by atoms with Gasteiger partial charge in [-0.2, -0.15) is 5.10 Å². The quantitative estimate of drug-likeness (QED) is 0.653. The maximum atomic E-state index is 11.7. The number of rotatable bonds is 6. The van der Waals surface area contributed by atoms with Crippen LogP contribution in [0.2, 0.25) is 0 Å². The molecule has 0 fully saturated rings. The standard InChI is InChI=1S/C17H20N4O2/c1-11(2)21-12(7-8-20-21)9-19-16(17(22)23)14-10-18-15-6-4-3-5-13(14)15/h3-8,10-11,16,18-19H,9H2,1-2H3,(H,22,23). The Morgan fingerprint density at radius 1 is 1.35 bits per heavy atom. The van der Waals surface area contributed by atoms with Crippen molar-refractivity contribution in [1.82, 2.24) is 20.1 Å². The number of hydrogen-bond acceptors (Lipinski definition) is 3. The van der Waals surface area contributed by atoms with Gasteiger partial charge in [0.15, 0.2) is 0 Å². The number of aliphatic carboxylic acids is 1. The molecule has 0 spiro atoms. The summed E-state index contributed by atoms with van der Waals surface area (Å²) in [5.41, 5.74) is 2.64. The minimum atomic E-state index is -0.898. The van der Waals surface area contributed by atoms with Crippen molar-refractivity contribution >= 4 is 16.9 Å². The van der Waals surface area contributed by atoms with E-state index in [0.717, 1.165) is 22.2 Å². The average Bonchev–Trinajstić information content (AvgIpc) is 3.14. The lowest BCUT2D eigenvalue weighted by atomic mass is 10.1. The molecule has 0 aliphatic heterocycles. The largest absolute Gasteiger partial charge is 0.480 e. The Bertz CT molecular complexity index is 819. The zero-order valence-electron chi connectivity index (χ0n) is 13.2. The maximum absolute atomic E-state index is 11.7. The van der Waals surface area contributed by atoms with Gasteiger partial charge in [0.25, 0.3) is 0 Å². The molecule has 2 aromatic heterocycles. The molecule has 3 rings (SSSR count). The van der Waals surface area contributed by atoms with E-state index in [4.69, 9.17) is 0 Å². The van der Waals surface area contributed by atoms with Crippen LogP contribution in [0.25, 0.3) is 10.9 Å². The Morgan fingerprint density at radius 3 is 2.87 bits per heavy atom. The van der Waals surface area contributed by atoms with E-state index in [1.807, 2.05) is 48.9 Å². The third-order valence-electron chi connectivity index (χ3n) is 3.91. The van der Waals surface area contributed by atoms with Gasteiger partial charge in [-0.3, -0.25) is 14.8 Å². The van der Waals surface area contributed by atoms with Crippen LogP contribution >= 0.6 is 0 Å². The molecule has 3 aromatic rings. The van der Waals surface area contributed by atoms with Crippen LogP contribution in [0.3, 0.4) is 0 Å². The average molecular weight is 312 g/mol. The molecule has 0 aliphatic rings. The monoisotopic (exact) mass is 312 g/mol. The van der Waals surface area contributed by atoms with Crippen LogP contribution < -0.4 is 5.32 Å². The first-order valence-electron chi connectivity index (χ1n) is 7.62. The van der Waals surface area contributed by atoms with Crippen molar-refractivity contribution in [2.45, 2.75) is 32.5 Å². The number of nitrogens with zero attached hydrogens (tertiary/aromatic N) is 2. The van der Waals surface area contributed by atoms with Crippen LogP contribution in [0, 0.1) is 0 Å². The van der Waals surface area contributed by atoms with E-state index in [1.54, 1.807) is 12.4 Å². The molecular weight excluding hydrogens is 292 g/mol. The number of carboxylic acids is 1. The topological polar surface area (TPSA) is 82.9 Å². The van der Waals surface area contributed by atoms with E-state index in [0.29, 0.717) is 6.54 Å². The lowest BCUT2D eigenvalue weighted by Gasteiger charge is -2.16. The first kappa shape index (κ1) is 15.3. The molecule has 0 aliphatic carbocycles. The Balaban J connectivity index is 1.85. The molecule has 0 bridgehead atoms. The molecule has 6 heteroatoms. The summed E-state index contributed by atoms with van der Waals surface area (Å²) in [4.78, 5) is 14.8. The Labute approximate surface area is 134 Å². The molecule has 2 heterocycles. The summed E-state index contributed by atoms with van der Waals surface area (Å²) in [7, 11) is 0. The lowest BCUT2D eigenvalue weighted by molar-refractivity contribution is -0.139. The van der Waals surface area contributed by atoms with E-state index in [-0.39, 0.29) is 6.04 Å². The van der Waals surface area contributed by atoms with Gasteiger partial charge in [0.05, 0.1) is 5.69 Å². The molecule has 1 unspecified atom stereocenters. The van der Waals surface area contributed by atoms with E-state index in [9.17, 15) is 9.90 Å². The van der Waals surface area contributed by atoms with Crippen LogP contribution in [-0.4, -0.2) is 25.8 Å². The van der Waals surface area contributed by atoms with Gasteiger partial charge in [0.2, 0.25) is 0 Å². The maximum Gasteiger partial charge on any atom is 0.325 e. The number of para-hydroxylation sites is 1. The number of fused-ring (bicyclic) bond motifs is 1. The molecule has 0 saturated carbocycles. The summed E-state index contributed by atoms with van der Waals surface area (Å²) in [5, 5.41) is 17.9. The lowest BCUT2D eigenvalue weighted by Crippen LogP contribution is -2.29. The number of aromatic amines is 1. The molecule has 1 aromatic carbocycles. The zero-order valence-corrected chi connectivity index (χ0v) is 13.2. The normalized spacial score (nSPS) is 12.8. The second-order valence-electron chi connectivity index (χ2n) is 5.80. The SMILES string of the molecule is CC(C)n1nccc1CNC(C(=O)O)c1c[nH]c2ccccc12. The van der Waals surface area contributed by atoms with Gasteiger partial charge in [-0.25, -0.2) is 0 Å². The van der Waals surface area contributed by atoms with Crippen LogP contribution in [0.5, 0.6) is 0 Å². The molecule has 23 heavy (non-hydrogen) atoms. The smallest absolute Gasteiger partial charge is 0.325 e. The predicted molar refractivity (Wildman–Crippen MR) is 88.1 cm³/mol. The van der Waals surface area contributed by atoms with Crippen molar-refractivity contribution in [2.75, 3.05) is 0 Å². The number of nitrogens with one attached hydrogen (secondary N) is 2. The first-order chi connectivity index (χ1) is 11.1. The summed E-state index contributed by atoms with van der Waals surface area (Å²) >= 11 is 0. The fourth-order valence-corrected chi connectivity index (χ4v) is 2.82. The minimum absolute atomic E-state index is 0.234. The third-order valence-corrected chi connectivity index (χ3v) is 3.91. The Morgan fingerprint density at radius 2 is 2.13 bits per heavy atom. The first-order valence-corrected chi connectivity index (χ1v) is 7.62. The molecule has 1 atom stereocenters. The Hall–Kier alpha value is -2.60. The van der Waals surface area contributed by atoms with Gasteiger partial charge in [-0.1, -0.05) is 18.2 Å². The number of benzene rings is 1. The highest BCUT2D eigenvalue weighted by Gasteiger charge is 2.23. The number of H-pyrrole nitrogens is 1. The number of carboxylic acid groups (broad SMARTS) is 1. The highest BCUT2D eigenvalue weighted by atomic mass is 16.4. The van der Waals surface area contributed by atoms with Gasteiger partial charge in [-0.05, 0) is 26.0 Å². The number of aromatic nitrogens is 3. The third kappa shape index (κ3) is 2.98.